The Bertz CT molecular complexity index is 232. The molecule has 2 aliphatic rings. The number of hydrogen-bond acceptors (Lipinski definition) is 0. The molecule has 2 aliphatic carbocycles. The van der Waals surface area contributed by atoms with E-state index in [0.29, 0.717) is 0 Å². The maximum Gasteiger partial charge on any atom is -0.0386 e. The monoisotopic (exact) mass is 292 g/mol. The Morgan fingerprint density at radius 3 is 2.00 bits per heavy atom. The zero-order valence-electron chi connectivity index (χ0n) is 14.8. The van der Waals surface area contributed by atoms with Gasteiger partial charge in [0.25, 0.3) is 0 Å². The first-order valence-corrected chi connectivity index (χ1v) is 10.4. The van der Waals surface area contributed by atoms with Crippen molar-refractivity contribution < 1.29 is 0 Å². The van der Waals surface area contributed by atoms with Gasteiger partial charge in [-0.1, -0.05) is 116 Å². The van der Waals surface area contributed by atoms with Crippen LogP contribution >= 0.6 is 0 Å². The molecular weight excluding hydrogens is 252 g/mol. The van der Waals surface area contributed by atoms with Crippen molar-refractivity contribution in [3.8, 4) is 0 Å². The van der Waals surface area contributed by atoms with Gasteiger partial charge in [-0.05, 0) is 17.8 Å². The molecule has 0 heterocycles. The van der Waals surface area contributed by atoms with E-state index >= 15 is 0 Å². The van der Waals surface area contributed by atoms with Crippen molar-refractivity contribution in [3.05, 3.63) is 0 Å². The standard InChI is InChI=1S/C21H40/c1-2-3-15-20(21-16-8-5-9-17-21)18-11-10-14-19-12-6-4-7-13-19/h19-21H,2-18H2,1H3. The maximum atomic E-state index is 2.36. The van der Waals surface area contributed by atoms with Crippen LogP contribution in [0.25, 0.3) is 0 Å². The van der Waals surface area contributed by atoms with E-state index in [0.717, 1.165) is 17.8 Å². The van der Waals surface area contributed by atoms with Crippen LogP contribution in [0.1, 0.15) is 116 Å². The van der Waals surface area contributed by atoms with Crippen molar-refractivity contribution in [1.82, 2.24) is 0 Å². The fraction of sp³-hybridized carbons (Fsp3) is 1.00. The fourth-order valence-corrected chi connectivity index (χ4v) is 5.00. The minimum atomic E-state index is 1.08. The van der Waals surface area contributed by atoms with E-state index in [4.69, 9.17) is 0 Å². The second-order valence-electron chi connectivity index (χ2n) is 8.09. The molecule has 0 saturated heterocycles. The van der Waals surface area contributed by atoms with Crippen LogP contribution in [0.15, 0.2) is 0 Å². The summed E-state index contributed by atoms with van der Waals surface area (Å²) in [7, 11) is 0. The van der Waals surface area contributed by atoms with Gasteiger partial charge in [0, 0.05) is 0 Å². The van der Waals surface area contributed by atoms with Gasteiger partial charge in [-0.25, -0.2) is 0 Å². The predicted octanol–water partition coefficient (Wildman–Crippen LogP) is 7.51. The van der Waals surface area contributed by atoms with Gasteiger partial charge in [-0.3, -0.25) is 0 Å². The topological polar surface area (TPSA) is 0 Å². The van der Waals surface area contributed by atoms with Crippen LogP contribution in [0.3, 0.4) is 0 Å². The van der Waals surface area contributed by atoms with Gasteiger partial charge in [0.1, 0.15) is 0 Å². The van der Waals surface area contributed by atoms with Gasteiger partial charge < -0.3 is 0 Å². The van der Waals surface area contributed by atoms with E-state index in [1.807, 2.05) is 0 Å². The van der Waals surface area contributed by atoms with Crippen LogP contribution < -0.4 is 0 Å². The van der Waals surface area contributed by atoms with Gasteiger partial charge >= 0.3 is 0 Å². The van der Waals surface area contributed by atoms with Gasteiger partial charge in [0.2, 0.25) is 0 Å². The first-order chi connectivity index (χ1) is 10.4. The minimum Gasteiger partial charge on any atom is -0.0654 e. The van der Waals surface area contributed by atoms with Crippen molar-refractivity contribution in [3.63, 3.8) is 0 Å². The summed E-state index contributed by atoms with van der Waals surface area (Å²) in [4.78, 5) is 0. The van der Waals surface area contributed by atoms with Crippen molar-refractivity contribution in [2.45, 2.75) is 116 Å². The normalized spacial score (nSPS) is 23.3. The predicted molar refractivity (Wildman–Crippen MR) is 94.6 cm³/mol. The van der Waals surface area contributed by atoms with Crippen LogP contribution in [-0.4, -0.2) is 0 Å². The maximum absolute atomic E-state index is 2.36. The molecule has 0 heteroatoms. The quantitative estimate of drug-likeness (QED) is 0.386. The Labute approximate surface area is 134 Å². The molecule has 0 aliphatic heterocycles. The second-order valence-corrected chi connectivity index (χ2v) is 8.09. The Kier molecular flexibility index (Phi) is 8.83. The molecule has 1 atom stereocenters. The van der Waals surface area contributed by atoms with Crippen molar-refractivity contribution in [1.29, 1.82) is 0 Å². The molecule has 124 valence electrons. The summed E-state index contributed by atoms with van der Waals surface area (Å²) in [5, 5.41) is 0. The number of rotatable bonds is 9. The van der Waals surface area contributed by atoms with Crippen LogP contribution in [-0.2, 0) is 0 Å². The molecule has 2 saturated carbocycles. The highest BCUT2D eigenvalue weighted by Crippen LogP contribution is 2.36. The number of hydrogen-bond donors (Lipinski definition) is 0. The lowest BCUT2D eigenvalue weighted by molar-refractivity contribution is 0.213. The Morgan fingerprint density at radius 2 is 1.33 bits per heavy atom. The van der Waals surface area contributed by atoms with Gasteiger partial charge in [0.15, 0.2) is 0 Å². The van der Waals surface area contributed by atoms with Gasteiger partial charge in [0.05, 0.1) is 0 Å². The first kappa shape index (κ1) is 17.4. The summed E-state index contributed by atoms with van der Waals surface area (Å²) in [5.41, 5.74) is 0. The zero-order chi connectivity index (χ0) is 14.8. The second kappa shape index (κ2) is 10.7. The van der Waals surface area contributed by atoms with Crippen molar-refractivity contribution in [2.24, 2.45) is 17.8 Å². The lowest BCUT2D eigenvalue weighted by Crippen LogP contribution is -2.18. The smallest absolute Gasteiger partial charge is 0.0386 e. The lowest BCUT2D eigenvalue weighted by atomic mass is 9.75. The summed E-state index contributed by atoms with van der Waals surface area (Å²) >= 11 is 0. The molecule has 0 N–H and O–H groups in total. The zero-order valence-corrected chi connectivity index (χ0v) is 14.8. The summed E-state index contributed by atoms with van der Waals surface area (Å²) in [5.74, 6) is 3.28. The Morgan fingerprint density at radius 1 is 0.714 bits per heavy atom. The fourth-order valence-electron chi connectivity index (χ4n) is 5.00. The molecular formula is C21H40. The molecule has 0 amide bonds. The molecule has 0 radical (unpaired) electrons. The van der Waals surface area contributed by atoms with E-state index in [9.17, 15) is 0 Å². The highest BCUT2D eigenvalue weighted by atomic mass is 14.3. The molecule has 0 aromatic rings. The largest absolute Gasteiger partial charge is 0.0654 e. The van der Waals surface area contributed by atoms with E-state index in [-0.39, 0.29) is 0 Å². The van der Waals surface area contributed by atoms with Crippen LogP contribution in [0.5, 0.6) is 0 Å². The van der Waals surface area contributed by atoms with Crippen LogP contribution in [0, 0.1) is 17.8 Å². The number of unbranched alkanes of at least 4 members (excludes halogenated alkanes) is 2. The third-order valence-corrected chi connectivity index (χ3v) is 6.41. The molecule has 0 aromatic heterocycles. The summed E-state index contributed by atoms with van der Waals surface area (Å²) in [6, 6.07) is 0. The SMILES string of the molecule is CCCCC(CCCCC1CCCCC1)C1CCCCC1. The molecule has 0 spiro atoms. The van der Waals surface area contributed by atoms with Crippen molar-refractivity contribution >= 4 is 0 Å². The summed E-state index contributed by atoms with van der Waals surface area (Å²) in [6.45, 7) is 2.36. The third-order valence-electron chi connectivity index (χ3n) is 6.41. The van der Waals surface area contributed by atoms with Crippen LogP contribution in [0.4, 0.5) is 0 Å². The average molecular weight is 293 g/mol. The van der Waals surface area contributed by atoms with Gasteiger partial charge in [-0.15, -0.1) is 0 Å². The highest BCUT2D eigenvalue weighted by molar-refractivity contribution is 4.75. The van der Waals surface area contributed by atoms with Gasteiger partial charge in [-0.2, -0.15) is 0 Å². The molecule has 0 bridgehead atoms. The minimum absolute atomic E-state index is 1.08. The summed E-state index contributed by atoms with van der Waals surface area (Å²) < 4.78 is 0. The van der Waals surface area contributed by atoms with E-state index in [1.165, 1.54) is 70.6 Å². The van der Waals surface area contributed by atoms with Crippen LogP contribution in [0.2, 0.25) is 0 Å². The first-order valence-electron chi connectivity index (χ1n) is 10.4. The lowest BCUT2D eigenvalue weighted by Gasteiger charge is -2.30. The molecule has 2 rings (SSSR count). The Hall–Kier alpha value is 0. The Balaban J connectivity index is 1.63. The average Bonchev–Trinajstić information content (AvgIpc) is 2.56. The molecule has 21 heavy (non-hydrogen) atoms. The highest BCUT2D eigenvalue weighted by Gasteiger charge is 2.23. The summed E-state index contributed by atoms with van der Waals surface area (Å²) in [6.07, 6.45) is 25.9. The molecule has 0 nitrogen and oxygen atoms in total. The third kappa shape index (κ3) is 6.74. The van der Waals surface area contributed by atoms with E-state index in [2.05, 4.69) is 6.92 Å². The van der Waals surface area contributed by atoms with E-state index in [1.54, 1.807) is 38.5 Å². The van der Waals surface area contributed by atoms with Crippen molar-refractivity contribution in [2.75, 3.05) is 0 Å². The van der Waals surface area contributed by atoms with E-state index < -0.39 is 0 Å². The molecule has 0 aromatic carbocycles. The molecule has 2 fully saturated rings. The molecule has 1 unspecified atom stereocenters.